The maximum Gasteiger partial charge on any atom is 0.254 e. The molecule has 1 saturated heterocycles. The molecule has 2 N–H and O–H groups in total. The van der Waals surface area contributed by atoms with Gasteiger partial charge in [0, 0.05) is 34.8 Å². The Balaban J connectivity index is 0.00000220. The highest BCUT2D eigenvalue weighted by molar-refractivity contribution is 7.99. The van der Waals surface area contributed by atoms with Crippen LogP contribution in [0.2, 0.25) is 0 Å². The summed E-state index contributed by atoms with van der Waals surface area (Å²) in [6.07, 6.45) is 3.29. The van der Waals surface area contributed by atoms with Crippen molar-refractivity contribution in [3.63, 3.8) is 0 Å². The van der Waals surface area contributed by atoms with Crippen LogP contribution in [0, 0.1) is 0 Å². The largest absolute Gasteiger partial charge is 0.334 e. The Bertz CT molecular complexity index is 450. The summed E-state index contributed by atoms with van der Waals surface area (Å²) >= 11 is 1.81. The van der Waals surface area contributed by atoms with Crippen LogP contribution in [0.15, 0.2) is 29.2 Å². The van der Waals surface area contributed by atoms with E-state index in [0.29, 0.717) is 11.8 Å². The lowest BCUT2D eigenvalue weighted by molar-refractivity contribution is 0.0623. The van der Waals surface area contributed by atoms with Crippen molar-refractivity contribution < 1.29 is 4.79 Å². The first-order valence-electron chi connectivity index (χ1n) is 7.39. The van der Waals surface area contributed by atoms with Crippen molar-refractivity contribution in [1.82, 2.24) is 4.90 Å². The zero-order chi connectivity index (χ0) is 14.5. The molecule has 2 rings (SSSR count). The first kappa shape index (κ1) is 18.3. The number of thioether (sulfide) groups is 1. The van der Waals surface area contributed by atoms with Crippen molar-refractivity contribution in [3.8, 4) is 0 Å². The highest BCUT2D eigenvalue weighted by Gasteiger charge is 2.26. The molecular weight excluding hydrogens is 304 g/mol. The van der Waals surface area contributed by atoms with E-state index in [2.05, 4.69) is 13.8 Å². The summed E-state index contributed by atoms with van der Waals surface area (Å²) < 4.78 is 0. The predicted octanol–water partition coefficient (Wildman–Crippen LogP) is 3.56. The number of piperidine rings is 1. The van der Waals surface area contributed by atoms with Gasteiger partial charge in [-0.2, -0.15) is 0 Å². The summed E-state index contributed by atoms with van der Waals surface area (Å²) in [4.78, 5) is 15.7. The molecule has 0 bridgehead atoms. The first-order chi connectivity index (χ1) is 9.61. The lowest BCUT2D eigenvalue weighted by Gasteiger charge is -2.35. The minimum absolute atomic E-state index is 0. The van der Waals surface area contributed by atoms with Crippen molar-refractivity contribution in [2.75, 3.05) is 13.1 Å². The SMILES string of the molecule is CC(C)Sc1ccc(C(=O)N2CCCCC2CN)cc1.Cl. The first-order valence-corrected chi connectivity index (χ1v) is 8.27. The molecule has 0 spiro atoms. The second kappa shape index (κ2) is 8.66. The average molecular weight is 329 g/mol. The smallest absolute Gasteiger partial charge is 0.254 e. The Labute approximate surface area is 138 Å². The maximum atomic E-state index is 12.6. The third-order valence-electron chi connectivity index (χ3n) is 3.63. The standard InChI is InChI=1S/C16H24N2OS.ClH/c1-12(2)20-15-8-6-13(7-9-15)16(19)18-10-4-3-5-14(18)11-17;/h6-9,12,14H,3-5,10-11,17H2,1-2H3;1H. The van der Waals surface area contributed by atoms with Crippen LogP contribution < -0.4 is 5.73 Å². The second-order valence-electron chi connectivity index (χ2n) is 5.57. The number of likely N-dealkylation sites (tertiary alicyclic amines) is 1. The Morgan fingerprint density at radius 1 is 1.33 bits per heavy atom. The average Bonchev–Trinajstić information content (AvgIpc) is 2.46. The van der Waals surface area contributed by atoms with Crippen LogP contribution in [0.5, 0.6) is 0 Å². The fourth-order valence-electron chi connectivity index (χ4n) is 2.63. The van der Waals surface area contributed by atoms with Gasteiger partial charge < -0.3 is 10.6 Å². The summed E-state index contributed by atoms with van der Waals surface area (Å²) in [7, 11) is 0. The molecule has 0 aromatic heterocycles. The summed E-state index contributed by atoms with van der Waals surface area (Å²) in [6.45, 7) is 5.74. The monoisotopic (exact) mass is 328 g/mol. The molecule has 0 saturated carbocycles. The van der Waals surface area contributed by atoms with E-state index in [1.807, 2.05) is 40.9 Å². The number of hydrogen-bond donors (Lipinski definition) is 1. The molecule has 1 heterocycles. The van der Waals surface area contributed by atoms with E-state index in [1.54, 1.807) is 0 Å². The van der Waals surface area contributed by atoms with E-state index < -0.39 is 0 Å². The van der Waals surface area contributed by atoms with E-state index in [0.717, 1.165) is 24.9 Å². The van der Waals surface area contributed by atoms with Gasteiger partial charge in [-0.1, -0.05) is 13.8 Å². The number of benzene rings is 1. The van der Waals surface area contributed by atoms with Crippen molar-refractivity contribution in [1.29, 1.82) is 0 Å². The molecule has 1 unspecified atom stereocenters. The van der Waals surface area contributed by atoms with Crippen molar-refractivity contribution in [3.05, 3.63) is 29.8 Å². The Morgan fingerprint density at radius 2 is 2.00 bits per heavy atom. The number of carbonyl (C=O) groups is 1. The molecule has 1 aromatic rings. The van der Waals surface area contributed by atoms with Gasteiger partial charge in [0.15, 0.2) is 0 Å². The highest BCUT2D eigenvalue weighted by atomic mass is 35.5. The third-order valence-corrected chi connectivity index (χ3v) is 4.65. The van der Waals surface area contributed by atoms with Crippen molar-refractivity contribution in [2.45, 2.75) is 49.3 Å². The van der Waals surface area contributed by atoms with Gasteiger partial charge in [-0.3, -0.25) is 4.79 Å². The summed E-state index contributed by atoms with van der Waals surface area (Å²) in [5.41, 5.74) is 6.57. The molecular formula is C16H25ClN2OS. The quantitative estimate of drug-likeness (QED) is 0.860. The number of nitrogens with two attached hydrogens (primary N) is 1. The molecule has 3 nitrogen and oxygen atoms in total. The van der Waals surface area contributed by atoms with Crippen LogP contribution in [-0.2, 0) is 0 Å². The number of carbonyl (C=O) groups excluding carboxylic acids is 1. The maximum absolute atomic E-state index is 12.6. The minimum Gasteiger partial charge on any atom is -0.334 e. The van der Waals surface area contributed by atoms with Gasteiger partial charge in [-0.05, 0) is 43.5 Å². The Morgan fingerprint density at radius 3 is 2.57 bits per heavy atom. The Kier molecular flexibility index (Phi) is 7.57. The van der Waals surface area contributed by atoms with Gasteiger partial charge >= 0.3 is 0 Å². The molecule has 0 aliphatic carbocycles. The van der Waals surface area contributed by atoms with E-state index in [9.17, 15) is 4.79 Å². The fourth-order valence-corrected chi connectivity index (χ4v) is 3.46. The van der Waals surface area contributed by atoms with Crippen LogP contribution in [0.1, 0.15) is 43.5 Å². The molecule has 21 heavy (non-hydrogen) atoms. The van der Waals surface area contributed by atoms with E-state index in [4.69, 9.17) is 5.73 Å². The number of halogens is 1. The molecule has 1 aromatic carbocycles. The molecule has 118 valence electrons. The topological polar surface area (TPSA) is 46.3 Å². The fraction of sp³-hybridized carbons (Fsp3) is 0.562. The van der Waals surface area contributed by atoms with Crippen LogP contribution in [0.4, 0.5) is 0 Å². The molecule has 5 heteroatoms. The van der Waals surface area contributed by atoms with Gasteiger partial charge in [-0.25, -0.2) is 0 Å². The van der Waals surface area contributed by atoms with E-state index in [1.165, 1.54) is 11.3 Å². The lowest BCUT2D eigenvalue weighted by atomic mass is 10.0. The van der Waals surface area contributed by atoms with Crippen molar-refractivity contribution in [2.24, 2.45) is 5.73 Å². The molecule has 1 atom stereocenters. The summed E-state index contributed by atoms with van der Waals surface area (Å²) in [5, 5.41) is 0.556. The summed E-state index contributed by atoms with van der Waals surface area (Å²) in [5.74, 6) is 0.126. The van der Waals surface area contributed by atoms with Crippen LogP contribution in [-0.4, -0.2) is 35.2 Å². The third kappa shape index (κ3) is 4.90. The Hall–Kier alpha value is -0.710. The van der Waals surface area contributed by atoms with Gasteiger partial charge in [0.25, 0.3) is 5.91 Å². The van der Waals surface area contributed by atoms with Gasteiger partial charge in [0.05, 0.1) is 0 Å². The normalized spacial score (nSPS) is 18.5. The van der Waals surface area contributed by atoms with E-state index in [-0.39, 0.29) is 24.4 Å². The molecule has 1 fully saturated rings. The van der Waals surface area contributed by atoms with Crippen molar-refractivity contribution >= 4 is 30.1 Å². The lowest BCUT2D eigenvalue weighted by Crippen LogP contribution is -2.47. The number of nitrogens with zero attached hydrogens (tertiary/aromatic N) is 1. The molecule has 1 amide bonds. The second-order valence-corrected chi connectivity index (χ2v) is 7.22. The molecule has 0 radical (unpaired) electrons. The zero-order valence-corrected chi connectivity index (χ0v) is 14.4. The zero-order valence-electron chi connectivity index (χ0n) is 12.7. The highest BCUT2D eigenvalue weighted by Crippen LogP contribution is 2.24. The predicted molar refractivity (Wildman–Crippen MR) is 92.4 cm³/mol. The van der Waals surface area contributed by atoms with E-state index >= 15 is 0 Å². The van der Waals surface area contributed by atoms with Gasteiger partial charge in [0.1, 0.15) is 0 Å². The number of amides is 1. The van der Waals surface area contributed by atoms with Crippen LogP contribution in [0.25, 0.3) is 0 Å². The summed E-state index contributed by atoms with van der Waals surface area (Å²) in [6, 6.07) is 8.17. The van der Waals surface area contributed by atoms with Crippen LogP contribution in [0.3, 0.4) is 0 Å². The number of rotatable bonds is 4. The van der Waals surface area contributed by atoms with Gasteiger partial charge in [-0.15, -0.1) is 24.2 Å². The minimum atomic E-state index is 0. The molecule has 1 aliphatic heterocycles. The molecule has 1 aliphatic rings. The van der Waals surface area contributed by atoms with Gasteiger partial charge in [0.2, 0.25) is 0 Å². The number of hydrogen-bond acceptors (Lipinski definition) is 3. The van der Waals surface area contributed by atoms with Crippen LogP contribution >= 0.6 is 24.2 Å².